The van der Waals surface area contributed by atoms with E-state index in [0.717, 1.165) is 44.5 Å². The predicted octanol–water partition coefficient (Wildman–Crippen LogP) is 3.46. The number of allylic oxidation sites excluding steroid dienone is 1. The topological polar surface area (TPSA) is 55.4 Å². The third-order valence-electron chi connectivity index (χ3n) is 5.04. The van der Waals surface area contributed by atoms with Gasteiger partial charge in [0, 0.05) is 12.9 Å². The van der Waals surface area contributed by atoms with E-state index in [0.29, 0.717) is 16.9 Å². The molecule has 1 unspecified atom stereocenters. The van der Waals surface area contributed by atoms with Crippen molar-refractivity contribution in [3.8, 4) is 0 Å². The highest BCUT2D eigenvalue weighted by Crippen LogP contribution is 2.29. The molecule has 1 atom stereocenters. The van der Waals surface area contributed by atoms with E-state index in [1.165, 1.54) is 24.7 Å². The van der Waals surface area contributed by atoms with Crippen molar-refractivity contribution in [3.05, 3.63) is 35.9 Å². The van der Waals surface area contributed by atoms with Crippen molar-refractivity contribution in [3.63, 3.8) is 0 Å². The third kappa shape index (κ3) is 5.81. The molecule has 1 aromatic rings. The van der Waals surface area contributed by atoms with Gasteiger partial charge in [0.05, 0.1) is 11.0 Å². The van der Waals surface area contributed by atoms with Crippen LogP contribution in [0.2, 0.25) is 0 Å². The number of hydrogen-bond donors (Lipinski definition) is 1. The minimum absolute atomic E-state index is 0. The van der Waals surface area contributed by atoms with Gasteiger partial charge in [-0.2, -0.15) is 0 Å². The fraction of sp³-hybridized carbons (Fsp3) is 0.579. The molecule has 140 valence electrons. The maximum atomic E-state index is 11.5. The van der Waals surface area contributed by atoms with Crippen LogP contribution in [0.4, 0.5) is 0 Å². The first-order chi connectivity index (χ1) is 11.5. The molecule has 0 saturated carbocycles. The summed E-state index contributed by atoms with van der Waals surface area (Å²) in [6.45, 7) is 3.12. The van der Waals surface area contributed by atoms with Crippen LogP contribution >= 0.6 is 12.4 Å². The molecule has 1 aliphatic carbocycles. The van der Waals surface area contributed by atoms with Crippen LogP contribution in [-0.4, -0.2) is 40.5 Å². The minimum atomic E-state index is -3.12. The average Bonchev–Trinajstić information content (AvgIpc) is 2.61. The Morgan fingerprint density at radius 3 is 2.36 bits per heavy atom. The Morgan fingerprint density at radius 2 is 1.80 bits per heavy atom. The minimum Gasteiger partial charge on any atom is -0.378 e. The molecule has 1 saturated heterocycles. The summed E-state index contributed by atoms with van der Waals surface area (Å²) in [7, 11) is -3.12. The smallest absolute Gasteiger partial charge is 0.175 e. The van der Waals surface area contributed by atoms with E-state index in [9.17, 15) is 8.42 Å². The van der Waals surface area contributed by atoms with Crippen LogP contribution in [0.1, 0.15) is 37.7 Å². The van der Waals surface area contributed by atoms with E-state index < -0.39 is 9.84 Å². The second kappa shape index (κ2) is 9.17. The fourth-order valence-corrected chi connectivity index (χ4v) is 4.09. The number of rotatable bonds is 5. The van der Waals surface area contributed by atoms with Gasteiger partial charge in [-0.3, -0.25) is 0 Å². The normalized spacial score (nSPS) is 22.1. The summed E-state index contributed by atoms with van der Waals surface area (Å²) >= 11 is 0. The Balaban J connectivity index is 0.00000225. The van der Waals surface area contributed by atoms with Gasteiger partial charge in [-0.1, -0.05) is 18.2 Å². The van der Waals surface area contributed by atoms with Crippen molar-refractivity contribution in [1.29, 1.82) is 0 Å². The van der Waals surface area contributed by atoms with Gasteiger partial charge in [0.1, 0.15) is 0 Å². The monoisotopic (exact) mass is 385 g/mol. The van der Waals surface area contributed by atoms with Crippen LogP contribution in [0.25, 0.3) is 5.57 Å². The lowest BCUT2D eigenvalue weighted by molar-refractivity contribution is 0.0185. The highest BCUT2D eigenvalue weighted by molar-refractivity contribution is 7.90. The van der Waals surface area contributed by atoms with E-state index in [1.54, 1.807) is 12.1 Å². The van der Waals surface area contributed by atoms with Gasteiger partial charge >= 0.3 is 0 Å². The largest absolute Gasteiger partial charge is 0.378 e. The molecule has 0 aromatic heterocycles. The summed E-state index contributed by atoms with van der Waals surface area (Å²) in [5.41, 5.74) is 2.43. The van der Waals surface area contributed by atoms with Crippen LogP contribution in [0.3, 0.4) is 0 Å². The number of ether oxygens (including phenoxy) is 1. The number of sulfone groups is 1. The SMILES string of the molecule is CS(=O)(=O)c1ccc(C2=CCC(OCC3CCNCC3)CC2)cc1.Cl. The van der Waals surface area contributed by atoms with Gasteiger partial charge in [-0.15, -0.1) is 12.4 Å². The molecule has 4 nitrogen and oxygen atoms in total. The van der Waals surface area contributed by atoms with Gasteiger partial charge in [0.25, 0.3) is 0 Å². The maximum Gasteiger partial charge on any atom is 0.175 e. The highest BCUT2D eigenvalue weighted by Gasteiger charge is 2.19. The first kappa shape index (κ1) is 20.4. The molecule has 0 bridgehead atoms. The number of benzene rings is 1. The van der Waals surface area contributed by atoms with Crippen molar-refractivity contribution in [2.75, 3.05) is 26.0 Å². The number of piperidine rings is 1. The summed E-state index contributed by atoms with van der Waals surface area (Å²) in [6, 6.07) is 7.23. The molecule has 1 aromatic carbocycles. The quantitative estimate of drug-likeness (QED) is 0.843. The average molecular weight is 386 g/mol. The van der Waals surface area contributed by atoms with Gasteiger partial charge in [-0.05, 0) is 74.4 Å². The molecule has 3 rings (SSSR count). The summed E-state index contributed by atoms with van der Waals surface area (Å²) in [4.78, 5) is 0.380. The van der Waals surface area contributed by atoms with Gasteiger partial charge in [0.15, 0.2) is 9.84 Å². The van der Waals surface area contributed by atoms with E-state index in [2.05, 4.69) is 11.4 Å². The van der Waals surface area contributed by atoms with Crippen molar-refractivity contribution < 1.29 is 13.2 Å². The molecule has 0 spiro atoms. The molecule has 6 heteroatoms. The van der Waals surface area contributed by atoms with Crippen molar-refractivity contribution in [2.45, 2.75) is 43.1 Å². The number of halogens is 1. The first-order valence-electron chi connectivity index (χ1n) is 8.84. The van der Waals surface area contributed by atoms with Crippen LogP contribution in [0.5, 0.6) is 0 Å². The summed E-state index contributed by atoms with van der Waals surface area (Å²) in [5, 5.41) is 3.39. The Labute approximate surface area is 157 Å². The van der Waals surface area contributed by atoms with E-state index in [-0.39, 0.29) is 12.4 Å². The standard InChI is InChI=1S/C19H27NO3S.ClH/c1-24(21,22)19-8-4-17(5-9-19)16-2-6-18(7-3-16)23-14-15-10-12-20-13-11-15;/h2,4-5,8-9,15,18,20H,3,6-7,10-14H2,1H3;1H. The molecule has 1 heterocycles. The maximum absolute atomic E-state index is 11.5. The third-order valence-corrected chi connectivity index (χ3v) is 6.17. The summed E-state index contributed by atoms with van der Waals surface area (Å²) < 4.78 is 29.2. The zero-order chi connectivity index (χ0) is 17.0. The molecule has 25 heavy (non-hydrogen) atoms. The summed E-state index contributed by atoms with van der Waals surface area (Å²) in [6.07, 6.45) is 9.27. The van der Waals surface area contributed by atoms with Gasteiger partial charge in [0.2, 0.25) is 0 Å². The zero-order valence-corrected chi connectivity index (χ0v) is 16.4. The molecule has 2 aliphatic rings. The number of nitrogens with one attached hydrogen (secondary N) is 1. The van der Waals surface area contributed by atoms with Crippen molar-refractivity contribution in [1.82, 2.24) is 5.32 Å². The van der Waals surface area contributed by atoms with Crippen molar-refractivity contribution in [2.24, 2.45) is 5.92 Å². The second-order valence-electron chi connectivity index (χ2n) is 6.95. The molecular weight excluding hydrogens is 358 g/mol. The lowest BCUT2D eigenvalue weighted by Crippen LogP contribution is -2.31. The molecule has 0 amide bonds. The van der Waals surface area contributed by atoms with E-state index in [4.69, 9.17) is 4.74 Å². The first-order valence-corrected chi connectivity index (χ1v) is 10.7. The van der Waals surface area contributed by atoms with Gasteiger partial charge in [-0.25, -0.2) is 8.42 Å². The van der Waals surface area contributed by atoms with E-state index >= 15 is 0 Å². The lowest BCUT2D eigenvalue weighted by atomic mass is 9.92. The Hall–Kier alpha value is -0.880. The van der Waals surface area contributed by atoms with Crippen LogP contribution in [0, 0.1) is 5.92 Å². The van der Waals surface area contributed by atoms with Crippen LogP contribution in [0.15, 0.2) is 35.2 Å². The van der Waals surface area contributed by atoms with Gasteiger partial charge < -0.3 is 10.1 Å². The molecule has 0 radical (unpaired) electrons. The summed E-state index contributed by atoms with van der Waals surface area (Å²) in [5.74, 6) is 0.708. The van der Waals surface area contributed by atoms with Crippen molar-refractivity contribution >= 4 is 27.8 Å². The molecule has 1 aliphatic heterocycles. The molecule has 1 N–H and O–H groups in total. The highest BCUT2D eigenvalue weighted by atomic mass is 35.5. The number of hydrogen-bond acceptors (Lipinski definition) is 4. The predicted molar refractivity (Wildman–Crippen MR) is 104 cm³/mol. The fourth-order valence-electron chi connectivity index (χ4n) is 3.46. The molecule has 1 fully saturated rings. The Kier molecular flexibility index (Phi) is 7.50. The Morgan fingerprint density at radius 1 is 1.12 bits per heavy atom. The Bertz CT molecular complexity index is 679. The van der Waals surface area contributed by atoms with Crippen LogP contribution in [-0.2, 0) is 14.6 Å². The zero-order valence-electron chi connectivity index (χ0n) is 14.7. The second-order valence-corrected chi connectivity index (χ2v) is 8.96. The molecular formula is C19H28ClNO3S. The van der Waals surface area contributed by atoms with E-state index in [1.807, 2.05) is 12.1 Å². The van der Waals surface area contributed by atoms with Crippen LogP contribution < -0.4 is 5.32 Å². The lowest BCUT2D eigenvalue weighted by Gasteiger charge is -2.27.